The third-order valence-electron chi connectivity index (χ3n) is 6.23. The molecule has 2 aliphatic heterocycles. The Labute approximate surface area is 168 Å². The number of likely N-dealkylation sites (tertiary alicyclic amines) is 1. The maximum absolute atomic E-state index is 5.80. The van der Waals surface area contributed by atoms with Gasteiger partial charge in [-0.2, -0.15) is 0 Å². The number of ether oxygens (including phenoxy) is 1. The second kappa shape index (κ2) is 8.97. The van der Waals surface area contributed by atoms with Crippen LogP contribution in [0.1, 0.15) is 43.4 Å². The van der Waals surface area contributed by atoms with E-state index in [0.717, 1.165) is 64.6 Å². The Morgan fingerprint density at radius 2 is 1.93 bits per heavy atom. The summed E-state index contributed by atoms with van der Waals surface area (Å²) in [6.45, 7) is 5.59. The molecule has 6 heteroatoms. The van der Waals surface area contributed by atoms with Crippen molar-refractivity contribution < 1.29 is 4.74 Å². The summed E-state index contributed by atoms with van der Waals surface area (Å²) in [7, 11) is 2.05. The third kappa shape index (κ3) is 4.50. The lowest BCUT2D eigenvalue weighted by Gasteiger charge is -2.42. The minimum Gasteiger partial charge on any atom is -0.380 e. The number of hydrogen-bond donors (Lipinski definition) is 0. The van der Waals surface area contributed by atoms with Crippen molar-refractivity contribution in [3.63, 3.8) is 0 Å². The Morgan fingerprint density at radius 3 is 2.75 bits per heavy atom. The first-order valence-electron chi connectivity index (χ1n) is 10.5. The molecule has 1 saturated heterocycles. The molecule has 2 aromatic rings. The van der Waals surface area contributed by atoms with Gasteiger partial charge in [-0.25, -0.2) is 9.97 Å². The first-order chi connectivity index (χ1) is 13.8. The molecule has 28 heavy (non-hydrogen) atoms. The second-order valence-corrected chi connectivity index (χ2v) is 8.15. The van der Waals surface area contributed by atoms with Crippen molar-refractivity contribution in [3.8, 4) is 0 Å². The first kappa shape index (κ1) is 19.3. The molecule has 0 aliphatic carbocycles. The van der Waals surface area contributed by atoms with Crippen LogP contribution >= 0.6 is 0 Å². The number of pyridine rings is 1. The van der Waals surface area contributed by atoms with E-state index in [1.807, 2.05) is 24.7 Å². The molecule has 2 aromatic heterocycles. The van der Waals surface area contributed by atoms with Crippen molar-refractivity contribution >= 4 is 5.95 Å². The van der Waals surface area contributed by atoms with Gasteiger partial charge in [-0.1, -0.05) is 12.5 Å². The summed E-state index contributed by atoms with van der Waals surface area (Å²) in [5.41, 5.74) is 2.68. The van der Waals surface area contributed by atoms with Gasteiger partial charge in [0, 0.05) is 50.7 Å². The number of piperidine rings is 1. The number of anilines is 1. The van der Waals surface area contributed by atoms with Gasteiger partial charge in [-0.3, -0.25) is 9.88 Å². The lowest BCUT2D eigenvalue weighted by atomic mass is 9.72. The molecule has 0 unspecified atom stereocenters. The summed E-state index contributed by atoms with van der Waals surface area (Å²) in [6.07, 6.45) is 11.5. The van der Waals surface area contributed by atoms with Crippen LogP contribution < -0.4 is 4.90 Å². The van der Waals surface area contributed by atoms with Gasteiger partial charge in [0.25, 0.3) is 0 Å². The number of fused-ring (bicyclic) bond motifs is 3. The van der Waals surface area contributed by atoms with E-state index in [9.17, 15) is 0 Å². The zero-order valence-corrected chi connectivity index (χ0v) is 16.9. The molecule has 4 rings (SSSR count). The van der Waals surface area contributed by atoms with E-state index in [-0.39, 0.29) is 5.41 Å². The number of hydrogen-bond acceptors (Lipinski definition) is 6. The predicted molar refractivity (Wildman–Crippen MR) is 110 cm³/mol. The topological polar surface area (TPSA) is 54.4 Å². The Kier molecular flexibility index (Phi) is 6.17. The fraction of sp³-hybridized carbons (Fsp3) is 0.591. The Bertz CT molecular complexity index is 746. The zero-order valence-electron chi connectivity index (χ0n) is 16.9. The molecule has 0 radical (unpaired) electrons. The Hall–Kier alpha value is -2.05. The minimum atomic E-state index is 0.156. The highest BCUT2D eigenvalue weighted by atomic mass is 16.5. The lowest BCUT2D eigenvalue weighted by Crippen LogP contribution is -2.43. The van der Waals surface area contributed by atoms with Crippen molar-refractivity contribution in [2.75, 3.05) is 44.8 Å². The molecule has 1 fully saturated rings. The van der Waals surface area contributed by atoms with E-state index < -0.39 is 0 Å². The molecule has 150 valence electrons. The lowest BCUT2D eigenvalue weighted by molar-refractivity contribution is 0.120. The number of rotatable bonds is 2. The van der Waals surface area contributed by atoms with E-state index in [2.05, 4.69) is 38.9 Å². The quantitative estimate of drug-likeness (QED) is 0.797. The summed E-state index contributed by atoms with van der Waals surface area (Å²) < 4.78 is 5.80. The van der Waals surface area contributed by atoms with Crippen molar-refractivity contribution in [1.82, 2.24) is 19.9 Å². The van der Waals surface area contributed by atoms with E-state index in [4.69, 9.17) is 9.72 Å². The van der Waals surface area contributed by atoms with Crippen LogP contribution in [-0.4, -0.2) is 59.7 Å². The summed E-state index contributed by atoms with van der Waals surface area (Å²) in [5.74, 6) is 0.818. The van der Waals surface area contributed by atoms with Crippen LogP contribution in [0.4, 0.5) is 5.95 Å². The normalized spacial score (nSPS) is 21.1. The van der Waals surface area contributed by atoms with Gasteiger partial charge < -0.3 is 9.64 Å². The van der Waals surface area contributed by atoms with Gasteiger partial charge in [-0.15, -0.1) is 0 Å². The fourth-order valence-electron chi connectivity index (χ4n) is 4.42. The average Bonchev–Trinajstić information content (AvgIpc) is 2.74. The van der Waals surface area contributed by atoms with Crippen LogP contribution in [0.25, 0.3) is 0 Å². The first-order valence-corrected chi connectivity index (χ1v) is 10.5. The molecule has 4 heterocycles. The maximum Gasteiger partial charge on any atom is 0.225 e. The van der Waals surface area contributed by atoms with Crippen LogP contribution in [-0.2, 0) is 16.7 Å². The van der Waals surface area contributed by atoms with Crippen molar-refractivity contribution in [2.24, 2.45) is 0 Å². The molecule has 0 amide bonds. The number of nitrogens with zero attached hydrogens (tertiary/aromatic N) is 5. The van der Waals surface area contributed by atoms with Crippen LogP contribution in [0.5, 0.6) is 0 Å². The van der Waals surface area contributed by atoms with Crippen molar-refractivity contribution in [3.05, 3.63) is 48.0 Å². The predicted octanol–water partition coefficient (Wildman–Crippen LogP) is 3.04. The van der Waals surface area contributed by atoms with Gasteiger partial charge in [0.05, 0.1) is 12.3 Å². The van der Waals surface area contributed by atoms with E-state index in [0.29, 0.717) is 0 Å². The van der Waals surface area contributed by atoms with Gasteiger partial charge in [0.2, 0.25) is 5.95 Å². The third-order valence-corrected chi connectivity index (χ3v) is 6.23. The molecular formula is C22H31N5O. The van der Waals surface area contributed by atoms with Crippen LogP contribution in [0, 0.1) is 0 Å². The largest absolute Gasteiger partial charge is 0.380 e. The van der Waals surface area contributed by atoms with Gasteiger partial charge in [0.15, 0.2) is 0 Å². The molecule has 0 N–H and O–H groups in total. The van der Waals surface area contributed by atoms with Crippen LogP contribution in [0.3, 0.4) is 0 Å². The molecule has 1 spiro atoms. The van der Waals surface area contributed by atoms with E-state index >= 15 is 0 Å². The summed E-state index contributed by atoms with van der Waals surface area (Å²) >= 11 is 0. The highest BCUT2D eigenvalue weighted by Crippen LogP contribution is 2.39. The minimum absolute atomic E-state index is 0.156. The molecule has 2 aliphatic rings. The molecule has 0 saturated carbocycles. The van der Waals surface area contributed by atoms with Gasteiger partial charge in [0.1, 0.15) is 0 Å². The number of likely N-dealkylation sites (N-methyl/N-ethyl adjacent to an activating group) is 1. The summed E-state index contributed by atoms with van der Waals surface area (Å²) in [5, 5.41) is 0. The van der Waals surface area contributed by atoms with E-state index in [1.165, 1.54) is 24.1 Å². The second-order valence-electron chi connectivity index (χ2n) is 8.15. The molecule has 6 nitrogen and oxygen atoms in total. The highest BCUT2D eigenvalue weighted by Gasteiger charge is 2.37. The van der Waals surface area contributed by atoms with E-state index in [1.54, 1.807) is 0 Å². The Balaban J connectivity index is 1.52. The SMILES string of the molecule is CN1CCOCCCCC2(CCN(Cc3cccnc3)CC2)c2ccnc1n2. The van der Waals surface area contributed by atoms with Crippen molar-refractivity contribution in [1.29, 1.82) is 0 Å². The molecule has 0 atom stereocenters. The number of aromatic nitrogens is 3. The van der Waals surface area contributed by atoms with Gasteiger partial charge in [-0.05, 0) is 56.5 Å². The van der Waals surface area contributed by atoms with Gasteiger partial charge >= 0.3 is 0 Å². The highest BCUT2D eigenvalue weighted by molar-refractivity contribution is 5.31. The van der Waals surface area contributed by atoms with Crippen molar-refractivity contribution in [2.45, 2.75) is 44.1 Å². The zero-order chi connectivity index (χ0) is 19.2. The Morgan fingerprint density at radius 1 is 1.04 bits per heavy atom. The summed E-state index contributed by atoms with van der Waals surface area (Å²) in [4.78, 5) is 18.4. The average molecular weight is 382 g/mol. The maximum atomic E-state index is 5.80. The van der Waals surface area contributed by atoms with Crippen LogP contribution in [0.15, 0.2) is 36.8 Å². The fourth-order valence-corrected chi connectivity index (χ4v) is 4.42. The monoisotopic (exact) mass is 381 g/mol. The molecule has 0 aromatic carbocycles. The standard InChI is InChI=1S/C22H31N5O/c1-26-14-16-28-15-3-2-7-22(20-6-11-24-21(26)25-20)8-12-27(13-9-22)18-19-5-4-10-23-17-19/h4-6,10-11,17H,2-3,7-9,12-16,18H2,1H3. The molecular weight excluding hydrogens is 350 g/mol. The van der Waals surface area contributed by atoms with Crippen LogP contribution in [0.2, 0.25) is 0 Å². The summed E-state index contributed by atoms with van der Waals surface area (Å²) in [6, 6.07) is 6.34. The molecule has 2 bridgehead atoms. The smallest absolute Gasteiger partial charge is 0.225 e.